The first-order valence-electron chi connectivity index (χ1n) is 8.67. The molecule has 26 heavy (non-hydrogen) atoms. The minimum absolute atomic E-state index is 0.301. The quantitative estimate of drug-likeness (QED) is 0.625. The van der Waals surface area contributed by atoms with Crippen molar-refractivity contribution in [1.29, 1.82) is 0 Å². The van der Waals surface area contributed by atoms with Crippen LogP contribution in [0, 0.1) is 0 Å². The zero-order chi connectivity index (χ0) is 18.9. The summed E-state index contributed by atoms with van der Waals surface area (Å²) in [5.41, 5.74) is 0. The normalized spacial score (nSPS) is 14.9. The second kappa shape index (κ2) is 10.0. The summed E-state index contributed by atoms with van der Waals surface area (Å²) in [6.07, 6.45) is 5.93. The Balaban J connectivity index is 0.000000352. The third-order valence-electron chi connectivity index (χ3n) is 4.24. The van der Waals surface area contributed by atoms with Crippen molar-refractivity contribution in [3.8, 4) is 0 Å². The highest BCUT2D eigenvalue weighted by Gasteiger charge is 2.14. The number of carboxylic acids is 2. The van der Waals surface area contributed by atoms with Gasteiger partial charge in [-0.3, -0.25) is 4.79 Å². The summed E-state index contributed by atoms with van der Waals surface area (Å²) in [6.45, 7) is 3.26. The van der Waals surface area contributed by atoms with Gasteiger partial charge in [-0.25, -0.2) is 9.59 Å². The van der Waals surface area contributed by atoms with Gasteiger partial charge < -0.3 is 15.1 Å². The predicted octanol–water partition coefficient (Wildman–Crippen LogP) is 3.51. The van der Waals surface area contributed by atoms with E-state index in [-0.39, 0.29) is 0 Å². The van der Waals surface area contributed by atoms with Crippen molar-refractivity contribution in [3.63, 3.8) is 0 Å². The number of aliphatic carboxylic acids is 2. The van der Waals surface area contributed by atoms with E-state index in [2.05, 4.69) is 17.0 Å². The van der Waals surface area contributed by atoms with Gasteiger partial charge in [-0.1, -0.05) is 31.0 Å². The summed E-state index contributed by atoms with van der Waals surface area (Å²) in [5, 5.41) is 16.0. The molecule has 0 saturated carbocycles. The summed E-state index contributed by atoms with van der Waals surface area (Å²) < 4.78 is 1.21. The monoisotopic (exact) mass is 377 g/mol. The molecule has 1 aliphatic heterocycles. The summed E-state index contributed by atoms with van der Waals surface area (Å²) in [6, 6.07) is 10.3. The number of carbonyl (C=O) groups is 3. The fourth-order valence-electron chi connectivity index (χ4n) is 2.86. The zero-order valence-electron chi connectivity index (χ0n) is 14.5. The van der Waals surface area contributed by atoms with E-state index in [1.54, 1.807) is 11.3 Å². The molecule has 140 valence electrons. The molecule has 1 fully saturated rings. The van der Waals surface area contributed by atoms with E-state index in [1.165, 1.54) is 48.9 Å². The highest BCUT2D eigenvalue weighted by molar-refractivity contribution is 7.20. The van der Waals surface area contributed by atoms with Crippen LogP contribution in [0.1, 0.15) is 41.8 Å². The van der Waals surface area contributed by atoms with E-state index in [4.69, 9.17) is 19.8 Å². The van der Waals surface area contributed by atoms with Crippen molar-refractivity contribution in [2.24, 2.45) is 0 Å². The maximum atomic E-state index is 12.3. The number of hydrogen-bond donors (Lipinski definition) is 2. The molecule has 6 nitrogen and oxygen atoms in total. The summed E-state index contributed by atoms with van der Waals surface area (Å²) in [5.74, 6) is -3.35. The van der Waals surface area contributed by atoms with E-state index in [0.29, 0.717) is 12.2 Å². The number of Topliss-reactive ketones (excluding diaryl/α,β-unsaturated/α-hetero) is 1. The molecule has 0 radical (unpaired) electrons. The minimum Gasteiger partial charge on any atom is -0.473 e. The number of carboxylic acid groups (broad SMARTS) is 2. The Morgan fingerprint density at radius 1 is 0.962 bits per heavy atom. The first-order chi connectivity index (χ1) is 12.5. The lowest BCUT2D eigenvalue weighted by Crippen LogP contribution is -2.27. The van der Waals surface area contributed by atoms with E-state index in [1.807, 2.05) is 18.2 Å². The molecule has 2 heterocycles. The van der Waals surface area contributed by atoms with E-state index in [0.717, 1.165) is 11.4 Å². The van der Waals surface area contributed by atoms with Gasteiger partial charge in [-0.05, 0) is 43.5 Å². The van der Waals surface area contributed by atoms with Crippen molar-refractivity contribution >= 4 is 39.1 Å². The maximum absolute atomic E-state index is 12.3. The van der Waals surface area contributed by atoms with Crippen molar-refractivity contribution < 1.29 is 24.6 Å². The molecule has 0 bridgehead atoms. The summed E-state index contributed by atoms with van der Waals surface area (Å²) in [7, 11) is 0. The van der Waals surface area contributed by atoms with E-state index in [9.17, 15) is 4.79 Å². The molecule has 0 amide bonds. The van der Waals surface area contributed by atoms with Gasteiger partial charge in [0.1, 0.15) is 0 Å². The molecule has 1 aliphatic rings. The van der Waals surface area contributed by atoms with Gasteiger partial charge in [0.25, 0.3) is 0 Å². The van der Waals surface area contributed by atoms with Crippen LogP contribution in [-0.2, 0) is 9.59 Å². The van der Waals surface area contributed by atoms with Gasteiger partial charge in [0.05, 0.1) is 4.88 Å². The molecule has 3 rings (SSSR count). The number of carbonyl (C=O) groups excluding carboxylic acids is 1. The molecule has 1 aromatic carbocycles. The number of rotatable bonds is 4. The topological polar surface area (TPSA) is 94.9 Å². The Bertz CT molecular complexity index is 717. The van der Waals surface area contributed by atoms with Crippen LogP contribution in [0.5, 0.6) is 0 Å². The molecule has 1 saturated heterocycles. The second-order valence-corrected chi connectivity index (χ2v) is 7.27. The largest absolute Gasteiger partial charge is 0.473 e. The first kappa shape index (κ1) is 20.1. The second-order valence-electron chi connectivity index (χ2n) is 6.19. The minimum atomic E-state index is -1.82. The molecular formula is C19H23NO5S. The van der Waals surface area contributed by atoms with Crippen LogP contribution in [0.15, 0.2) is 30.3 Å². The fraction of sp³-hybridized carbons (Fsp3) is 0.421. The van der Waals surface area contributed by atoms with Gasteiger partial charge >= 0.3 is 11.9 Å². The number of hydrogen-bond acceptors (Lipinski definition) is 5. The number of likely N-dealkylation sites (tertiary alicyclic amines) is 1. The van der Waals surface area contributed by atoms with Crippen LogP contribution in [0.2, 0.25) is 0 Å². The average Bonchev–Trinajstić information content (AvgIpc) is 2.89. The lowest BCUT2D eigenvalue weighted by molar-refractivity contribution is -0.159. The Hall–Kier alpha value is -2.25. The molecule has 2 aromatic rings. The highest BCUT2D eigenvalue weighted by Crippen LogP contribution is 2.26. The van der Waals surface area contributed by atoms with Gasteiger partial charge in [-0.15, -0.1) is 11.3 Å². The molecule has 0 unspecified atom stereocenters. The standard InChI is InChI=1S/C17H21NOS.C2H2O4/c19-15(9-12-18-10-5-1-2-6-11-18)17-13-14-7-3-4-8-16(14)20-17;3-1(4)2(5)6/h3-4,7-8,13H,1-2,5-6,9-12H2;(H,3,4)(H,5,6). The Kier molecular flexibility index (Phi) is 7.74. The number of benzene rings is 1. The molecule has 0 spiro atoms. The zero-order valence-corrected chi connectivity index (χ0v) is 15.3. The molecule has 0 aliphatic carbocycles. The third kappa shape index (κ3) is 6.24. The lowest BCUT2D eigenvalue weighted by Gasteiger charge is -2.18. The Morgan fingerprint density at radius 3 is 2.15 bits per heavy atom. The van der Waals surface area contributed by atoms with Gasteiger partial charge in [0, 0.05) is 17.7 Å². The lowest BCUT2D eigenvalue weighted by atomic mass is 10.2. The Morgan fingerprint density at radius 2 is 1.58 bits per heavy atom. The van der Waals surface area contributed by atoms with Gasteiger partial charge in [0.2, 0.25) is 0 Å². The van der Waals surface area contributed by atoms with Crippen molar-refractivity contribution in [2.45, 2.75) is 32.1 Å². The molecule has 0 atom stereocenters. The maximum Gasteiger partial charge on any atom is 0.414 e. The first-order valence-corrected chi connectivity index (χ1v) is 9.49. The number of nitrogens with zero attached hydrogens (tertiary/aromatic N) is 1. The number of fused-ring (bicyclic) bond motifs is 1. The highest BCUT2D eigenvalue weighted by atomic mass is 32.1. The van der Waals surface area contributed by atoms with E-state index >= 15 is 0 Å². The molecular weight excluding hydrogens is 354 g/mol. The molecule has 2 N–H and O–H groups in total. The van der Waals surface area contributed by atoms with Crippen molar-refractivity contribution in [1.82, 2.24) is 4.90 Å². The Labute approximate surface area is 156 Å². The van der Waals surface area contributed by atoms with Crippen LogP contribution in [0.25, 0.3) is 10.1 Å². The van der Waals surface area contributed by atoms with Crippen LogP contribution < -0.4 is 0 Å². The van der Waals surface area contributed by atoms with E-state index < -0.39 is 11.9 Å². The smallest absolute Gasteiger partial charge is 0.414 e. The van der Waals surface area contributed by atoms with Gasteiger partial charge in [-0.2, -0.15) is 0 Å². The third-order valence-corrected chi connectivity index (χ3v) is 5.39. The van der Waals surface area contributed by atoms with Crippen LogP contribution in [0.4, 0.5) is 0 Å². The van der Waals surface area contributed by atoms with Crippen LogP contribution in [-0.4, -0.2) is 52.5 Å². The van der Waals surface area contributed by atoms with Crippen molar-refractivity contribution in [2.75, 3.05) is 19.6 Å². The summed E-state index contributed by atoms with van der Waals surface area (Å²) in [4.78, 5) is 33.9. The number of ketones is 1. The molecule has 1 aromatic heterocycles. The average molecular weight is 377 g/mol. The summed E-state index contributed by atoms with van der Waals surface area (Å²) >= 11 is 1.63. The molecule has 7 heteroatoms. The predicted molar refractivity (Wildman–Crippen MR) is 101 cm³/mol. The van der Waals surface area contributed by atoms with Crippen molar-refractivity contribution in [3.05, 3.63) is 35.2 Å². The fourth-order valence-corrected chi connectivity index (χ4v) is 3.89. The van der Waals surface area contributed by atoms with Gasteiger partial charge in [0.15, 0.2) is 5.78 Å². The van der Waals surface area contributed by atoms with Crippen LogP contribution in [0.3, 0.4) is 0 Å². The number of thiophene rings is 1. The van der Waals surface area contributed by atoms with Crippen LogP contribution >= 0.6 is 11.3 Å². The SMILES string of the molecule is O=C(CCN1CCCCCC1)c1cc2ccccc2s1.O=C(O)C(=O)O.